The van der Waals surface area contributed by atoms with Crippen LogP contribution in [0.2, 0.25) is 0 Å². The van der Waals surface area contributed by atoms with Crippen LogP contribution in [-0.4, -0.2) is 67.9 Å². The van der Waals surface area contributed by atoms with Crippen molar-refractivity contribution in [2.75, 3.05) is 33.7 Å². The Morgan fingerprint density at radius 2 is 2.10 bits per heavy atom. The summed E-state index contributed by atoms with van der Waals surface area (Å²) in [5, 5.41) is 3.27. The maximum Gasteiger partial charge on any atom is 0.270 e. The summed E-state index contributed by atoms with van der Waals surface area (Å²) in [5.41, 5.74) is 0.393. The maximum absolute atomic E-state index is 12.5. The molecule has 1 fully saturated rings. The van der Waals surface area contributed by atoms with Crippen LogP contribution in [0.1, 0.15) is 17.4 Å². The number of nitrogens with zero attached hydrogens (tertiary/aromatic N) is 3. The van der Waals surface area contributed by atoms with Crippen LogP contribution >= 0.6 is 0 Å². The molecule has 1 saturated heterocycles. The molecule has 1 aliphatic heterocycles. The van der Waals surface area contributed by atoms with Gasteiger partial charge in [-0.15, -0.1) is 0 Å². The highest BCUT2D eigenvalue weighted by Crippen LogP contribution is 2.18. The molecule has 1 aliphatic rings. The van der Waals surface area contributed by atoms with E-state index < -0.39 is 10.0 Å². The monoisotopic (exact) mass is 314 g/mol. The largest absolute Gasteiger partial charge is 0.345 e. The number of piperazine rings is 1. The van der Waals surface area contributed by atoms with E-state index >= 15 is 0 Å². The van der Waals surface area contributed by atoms with Gasteiger partial charge < -0.3 is 14.8 Å². The van der Waals surface area contributed by atoms with Crippen molar-refractivity contribution in [2.45, 2.75) is 17.9 Å². The number of rotatable bonds is 3. The summed E-state index contributed by atoms with van der Waals surface area (Å²) in [6.07, 6.45) is 1.48. The van der Waals surface area contributed by atoms with Gasteiger partial charge in [0.2, 0.25) is 10.0 Å². The lowest BCUT2D eigenvalue weighted by atomic mass is 10.2. The van der Waals surface area contributed by atoms with Gasteiger partial charge >= 0.3 is 0 Å². The molecular weight excluding hydrogens is 292 g/mol. The Morgan fingerprint density at radius 3 is 2.67 bits per heavy atom. The van der Waals surface area contributed by atoms with Gasteiger partial charge in [0.15, 0.2) is 0 Å². The number of aryl methyl sites for hydroxylation is 1. The molecule has 0 bridgehead atoms. The van der Waals surface area contributed by atoms with E-state index in [1.54, 1.807) is 16.5 Å². The zero-order chi connectivity index (χ0) is 15.8. The average molecular weight is 314 g/mol. The number of hydrogen-bond donors (Lipinski definition) is 1. The topological polar surface area (TPSA) is 74.7 Å². The molecule has 0 spiro atoms. The first-order valence-corrected chi connectivity index (χ1v) is 8.29. The molecular formula is C13H22N4O3S. The van der Waals surface area contributed by atoms with E-state index in [-0.39, 0.29) is 16.8 Å². The second kappa shape index (κ2) is 5.78. The Balaban J connectivity index is 2.29. The molecule has 7 nitrogen and oxygen atoms in total. The van der Waals surface area contributed by atoms with Crippen molar-refractivity contribution in [3.63, 3.8) is 0 Å². The second-order valence-corrected chi connectivity index (χ2v) is 7.72. The van der Waals surface area contributed by atoms with Crippen molar-refractivity contribution in [2.24, 2.45) is 7.05 Å². The molecule has 0 aliphatic carbocycles. The third kappa shape index (κ3) is 3.12. The highest BCUT2D eigenvalue weighted by atomic mass is 32.2. The number of hydrogen-bond acceptors (Lipinski definition) is 4. The summed E-state index contributed by atoms with van der Waals surface area (Å²) in [4.78, 5) is 14.4. The molecule has 8 heteroatoms. The molecule has 21 heavy (non-hydrogen) atoms. The van der Waals surface area contributed by atoms with Crippen LogP contribution in [-0.2, 0) is 17.1 Å². The highest BCUT2D eigenvalue weighted by molar-refractivity contribution is 7.89. The number of sulfonamides is 1. The van der Waals surface area contributed by atoms with Gasteiger partial charge in [0.1, 0.15) is 10.6 Å². The van der Waals surface area contributed by atoms with Crippen molar-refractivity contribution < 1.29 is 13.2 Å². The van der Waals surface area contributed by atoms with Gasteiger partial charge in [0.05, 0.1) is 0 Å². The summed E-state index contributed by atoms with van der Waals surface area (Å²) in [6.45, 7) is 4.02. The molecule has 1 aromatic heterocycles. The van der Waals surface area contributed by atoms with E-state index in [2.05, 4.69) is 5.32 Å². The Bertz CT molecular complexity index is 636. The lowest BCUT2D eigenvalue weighted by molar-refractivity contribution is 0.0699. The molecule has 118 valence electrons. The Labute approximate surface area is 125 Å². The molecule has 2 rings (SSSR count). The first-order chi connectivity index (χ1) is 9.73. The average Bonchev–Trinajstić information content (AvgIpc) is 2.80. The zero-order valence-corrected chi connectivity index (χ0v) is 13.6. The van der Waals surface area contributed by atoms with E-state index in [0.29, 0.717) is 18.8 Å². The second-order valence-electron chi connectivity index (χ2n) is 5.57. The van der Waals surface area contributed by atoms with Crippen molar-refractivity contribution in [1.29, 1.82) is 0 Å². The fraction of sp³-hybridized carbons (Fsp3) is 0.615. The number of nitrogens with one attached hydrogen (secondary N) is 1. The fourth-order valence-corrected chi connectivity index (χ4v) is 3.35. The summed E-state index contributed by atoms with van der Waals surface area (Å²) in [7, 11) is 1.11. The van der Waals surface area contributed by atoms with E-state index in [1.165, 1.54) is 26.4 Å². The lowest BCUT2D eigenvalue weighted by Gasteiger charge is -2.31. The number of amides is 1. The van der Waals surface area contributed by atoms with Crippen molar-refractivity contribution in [3.8, 4) is 0 Å². The third-order valence-electron chi connectivity index (χ3n) is 3.63. The van der Waals surface area contributed by atoms with Crippen molar-refractivity contribution >= 4 is 15.9 Å². The van der Waals surface area contributed by atoms with Crippen LogP contribution in [0.5, 0.6) is 0 Å². The van der Waals surface area contributed by atoms with Crippen LogP contribution in [0, 0.1) is 0 Å². The first-order valence-electron chi connectivity index (χ1n) is 6.85. The van der Waals surface area contributed by atoms with E-state index in [0.717, 1.165) is 10.8 Å². The first kappa shape index (κ1) is 16.0. The molecule has 0 radical (unpaired) electrons. The number of carbonyl (C=O) groups is 1. The van der Waals surface area contributed by atoms with Gasteiger partial charge in [0.25, 0.3) is 5.91 Å². The van der Waals surface area contributed by atoms with Crippen LogP contribution in [0.15, 0.2) is 17.2 Å². The van der Waals surface area contributed by atoms with E-state index in [4.69, 9.17) is 0 Å². The normalized spacial score (nSPS) is 20.0. The minimum atomic E-state index is -3.52. The summed E-state index contributed by atoms with van der Waals surface area (Å²) >= 11 is 0. The predicted molar refractivity (Wildman–Crippen MR) is 79.7 cm³/mol. The minimum Gasteiger partial charge on any atom is -0.345 e. The van der Waals surface area contributed by atoms with Gasteiger partial charge in [-0.2, -0.15) is 0 Å². The zero-order valence-electron chi connectivity index (χ0n) is 12.8. The molecule has 1 aromatic rings. The van der Waals surface area contributed by atoms with Gasteiger partial charge in [-0.25, -0.2) is 12.7 Å². The molecule has 0 unspecified atom stereocenters. The molecule has 2 heterocycles. The van der Waals surface area contributed by atoms with Gasteiger partial charge in [-0.05, 0) is 13.0 Å². The fourth-order valence-electron chi connectivity index (χ4n) is 2.38. The molecule has 0 aromatic carbocycles. The summed E-state index contributed by atoms with van der Waals surface area (Å²) < 4.78 is 27.0. The van der Waals surface area contributed by atoms with Crippen LogP contribution in [0.4, 0.5) is 0 Å². The van der Waals surface area contributed by atoms with Crippen LogP contribution in [0.25, 0.3) is 0 Å². The SMILES string of the molecule is C[C@@H]1CN(C(=O)c2cc(S(=O)(=O)N(C)C)cn2C)CCN1. The Morgan fingerprint density at radius 1 is 1.43 bits per heavy atom. The van der Waals surface area contributed by atoms with E-state index in [9.17, 15) is 13.2 Å². The van der Waals surface area contributed by atoms with Gasteiger partial charge in [-0.3, -0.25) is 4.79 Å². The number of carbonyl (C=O) groups excluding carboxylic acids is 1. The van der Waals surface area contributed by atoms with Crippen molar-refractivity contribution in [3.05, 3.63) is 18.0 Å². The van der Waals surface area contributed by atoms with Crippen LogP contribution in [0.3, 0.4) is 0 Å². The predicted octanol–water partition coefficient (Wildman–Crippen LogP) is -0.291. The molecule has 1 amide bonds. The van der Waals surface area contributed by atoms with Gasteiger partial charge in [-0.1, -0.05) is 0 Å². The van der Waals surface area contributed by atoms with E-state index in [1.807, 2.05) is 6.92 Å². The summed E-state index contributed by atoms with van der Waals surface area (Å²) in [6, 6.07) is 1.69. The Kier molecular flexibility index (Phi) is 4.40. The number of aromatic nitrogens is 1. The third-order valence-corrected chi connectivity index (χ3v) is 5.41. The van der Waals surface area contributed by atoms with Crippen LogP contribution < -0.4 is 5.32 Å². The highest BCUT2D eigenvalue weighted by Gasteiger charge is 2.27. The van der Waals surface area contributed by atoms with Gasteiger partial charge in [0, 0.05) is 53.0 Å². The smallest absolute Gasteiger partial charge is 0.270 e. The van der Waals surface area contributed by atoms with Crippen molar-refractivity contribution in [1.82, 2.24) is 19.1 Å². The Hall–Kier alpha value is -1.38. The molecule has 0 saturated carbocycles. The maximum atomic E-state index is 12.5. The quantitative estimate of drug-likeness (QED) is 0.832. The standard InChI is InChI=1S/C13H22N4O3S/c1-10-8-17(6-5-14-10)13(18)12-7-11(9-16(12)4)21(19,20)15(2)3/h7,9-10,14H,5-6,8H2,1-4H3/t10-/m1/s1. The lowest BCUT2D eigenvalue weighted by Crippen LogP contribution is -2.51. The molecule has 1 N–H and O–H groups in total. The minimum absolute atomic E-state index is 0.133. The molecule has 1 atom stereocenters. The summed E-state index contributed by atoms with van der Waals surface area (Å²) in [5.74, 6) is -0.133.